The van der Waals surface area contributed by atoms with E-state index in [1.54, 1.807) is 24.4 Å². The van der Waals surface area contributed by atoms with E-state index in [0.717, 1.165) is 10.9 Å². The minimum absolute atomic E-state index is 0.291. The summed E-state index contributed by atoms with van der Waals surface area (Å²) in [7, 11) is 0. The fourth-order valence-corrected chi connectivity index (χ4v) is 2.26. The largest absolute Gasteiger partial charge is 0.398 e. The third-order valence-electron chi connectivity index (χ3n) is 3.11. The van der Waals surface area contributed by atoms with Crippen LogP contribution in [-0.4, -0.2) is 10.9 Å². The molecule has 3 aromatic rings. The average Bonchev–Trinajstić information content (AvgIpc) is 2.47. The van der Waals surface area contributed by atoms with Gasteiger partial charge in [-0.05, 0) is 30.3 Å². The monoisotopic (exact) mass is 297 g/mol. The molecule has 0 unspecified atom stereocenters. The van der Waals surface area contributed by atoms with E-state index in [0.29, 0.717) is 22.0 Å². The normalized spacial score (nSPS) is 10.5. The van der Waals surface area contributed by atoms with Crippen LogP contribution in [0.15, 0.2) is 54.7 Å². The molecule has 0 saturated carbocycles. The maximum atomic E-state index is 12.2. The van der Waals surface area contributed by atoms with Gasteiger partial charge in [0.1, 0.15) is 0 Å². The van der Waals surface area contributed by atoms with Crippen molar-refractivity contribution >= 4 is 39.8 Å². The van der Waals surface area contributed by atoms with E-state index in [9.17, 15) is 4.79 Å². The lowest BCUT2D eigenvalue weighted by atomic mass is 10.1. The molecule has 0 radical (unpaired) electrons. The van der Waals surface area contributed by atoms with Gasteiger partial charge in [-0.2, -0.15) is 0 Å². The standard InChI is InChI=1S/C16H12ClN3O/c17-11-5-6-13(14(18)8-11)16(21)20-12-7-10-3-1-2-4-15(10)19-9-12/h1-9H,18H2,(H,20,21). The van der Waals surface area contributed by atoms with Crippen LogP contribution in [0.5, 0.6) is 0 Å². The fourth-order valence-electron chi connectivity index (χ4n) is 2.08. The van der Waals surface area contributed by atoms with Gasteiger partial charge >= 0.3 is 0 Å². The van der Waals surface area contributed by atoms with Crippen molar-refractivity contribution in [3.8, 4) is 0 Å². The number of carbonyl (C=O) groups excluding carboxylic acids is 1. The van der Waals surface area contributed by atoms with Crippen LogP contribution in [0.4, 0.5) is 11.4 Å². The summed E-state index contributed by atoms with van der Waals surface area (Å²) in [4.78, 5) is 16.5. The first kappa shape index (κ1) is 13.4. The lowest BCUT2D eigenvalue weighted by Gasteiger charge is -2.08. The highest BCUT2D eigenvalue weighted by molar-refractivity contribution is 6.31. The Hall–Kier alpha value is -2.59. The Balaban J connectivity index is 1.89. The molecular weight excluding hydrogens is 286 g/mol. The van der Waals surface area contributed by atoms with Gasteiger partial charge in [0.2, 0.25) is 0 Å². The van der Waals surface area contributed by atoms with E-state index in [1.165, 1.54) is 0 Å². The number of nitrogens with one attached hydrogen (secondary N) is 1. The Labute approximate surface area is 126 Å². The quantitative estimate of drug-likeness (QED) is 0.708. The van der Waals surface area contributed by atoms with Gasteiger partial charge in [0, 0.05) is 16.1 Å². The first-order valence-corrected chi connectivity index (χ1v) is 6.72. The summed E-state index contributed by atoms with van der Waals surface area (Å²) in [6.45, 7) is 0. The van der Waals surface area contributed by atoms with Crippen LogP contribution in [0, 0.1) is 0 Å². The van der Waals surface area contributed by atoms with E-state index in [4.69, 9.17) is 17.3 Å². The number of rotatable bonds is 2. The zero-order chi connectivity index (χ0) is 14.8. The van der Waals surface area contributed by atoms with E-state index in [1.807, 2.05) is 30.3 Å². The van der Waals surface area contributed by atoms with Crippen LogP contribution in [-0.2, 0) is 0 Å². The van der Waals surface area contributed by atoms with E-state index < -0.39 is 0 Å². The van der Waals surface area contributed by atoms with Crippen molar-refractivity contribution in [2.45, 2.75) is 0 Å². The van der Waals surface area contributed by atoms with Crippen LogP contribution in [0.3, 0.4) is 0 Å². The van der Waals surface area contributed by atoms with Crippen molar-refractivity contribution in [3.63, 3.8) is 0 Å². The Morgan fingerprint density at radius 3 is 2.76 bits per heavy atom. The third kappa shape index (κ3) is 2.80. The Morgan fingerprint density at radius 2 is 1.95 bits per heavy atom. The number of aromatic nitrogens is 1. The summed E-state index contributed by atoms with van der Waals surface area (Å²) in [5, 5.41) is 4.24. The molecule has 104 valence electrons. The van der Waals surface area contributed by atoms with E-state index >= 15 is 0 Å². The number of nitrogens with zero attached hydrogens (tertiary/aromatic N) is 1. The Morgan fingerprint density at radius 1 is 1.14 bits per heavy atom. The predicted octanol–water partition coefficient (Wildman–Crippen LogP) is 3.72. The Kier molecular flexibility index (Phi) is 3.46. The number of anilines is 2. The maximum Gasteiger partial charge on any atom is 0.257 e. The molecule has 3 rings (SSSR count). The molecule has 2 aromatic carbocycles. The summed E-state index contributed by atoms with van der Waals surface area (Å²) in [5.74, 6) is -0.291. The number of nitrogens with two attached hydrogens (primary N) is 1. The van der Waals surface area contributed by atoms with Crippen LogP contribution in [0.2, 0.25) is 5.02 Å². The highest BCUT2D eigenvalue weighted by Gasteiger charge is 2.10. The van der Waals surface area contributed by atoms with Gasteiger partial charge < -0.3 is 11.1 Å². The summed E-state index contributed by atoms with van der Waals surface area (Å²) in [6, 6.07) is 14.3. The molecule has 0 aliphatic carbocycles. The van der Waals surface area contributed by atoms with Gasteiger partial charge in [-0.25, -0.2) is 0 Å². The number of fused-ring (bicyclic) bond motifs is 1. The smallest absolute Gasteiger partial charge is 0.257 e. The molecule has 1 amide bonds. The number of hydrogen-bond acceptors (Lipinski definition) is 3. The summed E-state index contributed by atoms with van der Waals surface area (Å²) < 4.78 is 0. The topological polar surface area (TPSA) is 68.0 Å². The second-order valence-corrected chi connectivity index (χ2v) is 5.04. The summed E-state index contributed by atoms with van der Waals surface area (Å²) >= 11 is 5.83. The number of para-hydroxylation sites is 1. The van der Waals surface area contributed by atoms with E-state index in [2.05, 4.69) is 10.3 Å². The zero-order valence-electron chi connectivity index (χ0n) is 11.0. The van der Waals surface area contributed by atoms with Gasteiger partial charge in [-0.3, -0.25) is 9.78 Å². The molecule has 1 aromatic heterocycles. The highest BCUT2D eigenvalue weighted by Crippen LogP contribution is 2.21. The second kappa shape index (κ2) is 5.42. The first-order valence-electron chi connectivity index (χ1n) is 6.34. The van der Waals surface area contributed by atoms with Gasteiger partial charge in [0.25, 0.3) is 5.91 Å². The van der Waals surface area contributed by atoms with Crippen molar-refractivity contribution < 1.29 is 4.79 Å². The molecule has 0 aliphatic rings. The summed E-state index contributed by atoms with van der Waals surface area (Å²) in [6.07, 6.45) is 1.62. The minimum Gasteiger partial charge on any atom is -0.398 e. The first-order chi connectivity index (χ1) is 10.1. The van der Waals surface area contributed by atoms with Crippen molar-refractivity contribution in [3.05, 3.63) is 65.3 Å². The van der Waals surface area contributed by atoms with Crippen molar-refractivity contribution in [2.75, 3.05) is 11.1 Å². The SMILES string of the molecule is Nc1cc(Cl)ccc1C(=O)Nc1cnc2ccccc2c1. The second-order valence-electron chi connectivity index (χ2n) is 4.60. The lowest BCUT2D eigenvalue weighted by Crippen LogP contribution is -2.14. The third-order valence-corrected chi connectivity index (χ3v) is 3.34. The number of hydrogen-bond donors (Lipinski definition) is 2. The van der Waals surface area contributed by atoms with Crippen LogP contribution >= 0.6 is 11.6 Å². The molecule has 0 atom stereocenters. The molecule has 0 aliphatic heterocycles. The minimum atomic E-state index is -0.291. The van der Waals surface area contributed by atoms with Crippen LogP contribution in [0.1, 0.15) is 10.4 Å². The number of carbonyl (C=O) groups is 1. The molecule has 0 fully saturated rings. The van der Waals surface area contributed by atoms with Crippen LogP contribution in [0.25, 0.3) is 10.9 Å². The number of halogens is 1. The number of benzene rings is 2. The van der Waals surface area contributed by atoms with Crippen LogP contribution < -0.4 is 11.1 Å². The molecule has 4 nitrogen and oxygen atoms in total. The molecule has 0 saturated heterocycles. The maximum absolute atomic E-state index is 12.2. The fraction of sp³-hybridized carbons (Fsp3) is 0. The predicted molar refractivity (Wildman–Crippen MR) is 85.6 cm³/mol. The lowest BCUT2D eigenvalue weighted by molar-refractivity contribution is 0.102. The molecule has 3 N–H and O–H groups in total. The summed E-state index contributed by atoms with van der Waals surface area (Å²) in [5.41, 5.74) is 8.02. The molecule has 0 bridgehead atoms. The molecule has 0 spiro atoms. The van der Waals surface area contributed by atoms with Crippen molar-refractivity contribution in [2.24, 2.45) is 0 Å². The number of nitrogen functional groups attached to an aromatic ring is 1. The highest BCUT2D eigenvalue weighted by atomic mass is 35.5. The van der Waals surface area contributed by atoms with E-state index in [-0.39, 0.29) is 5.91 Å². The van der Waals surface area contributed by atoms with Crippen molar-refractivity contribution in [1.82, 2.24) is 4.98 Å². The van der Waals surface area contributed by atoms with Crippen molar-refractivity contribution in [1.29, 1.82) is 0 Å². The van der Waals surface area contributed by atoms with Gasteiger partial charge in [0.05, 0.1) is 23.0 Å². The van der Waals surface area contributed by atoms with Gasteiger partial charge in [0.15, 0.2) is 0 Å². The molecule has 21 heavy (non-hydrogen) atoms. The molecule has 5 heteroatoms. The average molecular weight is 298 g/mol. The Bertz CT molecular complexity index is 833. The number of amides is 1. The molecule has 1 heterocycles. The number of pyridine rings is 1. The van der Waals surface area contributed by atoms with Gasteiger partial charge in [-0.15, -0.1) is 0 Å². The zero-order valence-corrected chi connectivity index (χ0v) is 11.8. The molecular formula is C16H12ClN3O. The van der Waals surface area contributed by atoms with Gasteiger partial charge in [-0.1, -0.05) is 29.8 Å².